The average molecular weight is 328 g/mol. The summed E-state index contributed by atoms with van der Waals surface area (Å²) in [6.45, 7) is 6.64. The van der Waals surface area contributed by atoms with Gasteiger partial charge in [0.05, 0.1) is 30.0 Å². The molecule has 0 saturated carbocycles. The molecule has 3 rings (SSSR count). The van der Waals surface area contributed by atoms with Crippen molar-refractivity contribution in [3.05, 3.63) is 47.5 Å². The van der Waals surface area contributed by atoms with Crippen LogP contribution in [0.15, 0.2) is 36.0 Å². The second-order valence-corrected chi connectivity index (χ2v) is 6.82. The third-order valence-corrected chi connectivity index (χ3v) is 4.83. The lowest BCUT2D eigenvalue weighted by atomic mass is 10.1. The molecule has 23 heavy (non-hydrogen) atoms. The predicted molar refractivity (Wildman–Crippen MR) is 92.7 cm³/mol. The van der Waals surface area contributed by atoms with Gasteiger partial charge in [-0.1, -0.05) is 11.8 Å². The summed E-state index contributed by atoms with van der Waals surface area (Å²) >= 11 is 1.46. The number of rotatable bonds is 5. The van der Waals surface area contributed by atoms with E-state index in [1.54, 1.807) is 18.7 Å². The zero-order valence-electron chi connectivity index (χ0n) is 13.5. The van der Waals surface area contributed by atoms with E-state index >= 15 is 0 Å². The Morgan fingerprint density at radius 2 is 1.78 bits per heavy atom. The first kappa shape index (κ1) is 16.0. The van der Waals surface area contributed by atoms with Gasteiger partial charge in [0.15, 0.2) is 5.16 Å². The second kappa shape index (κ2) is 6.68. The molecule has 5 nitrogen and oxygen atoms in total. The lowest BCUT2D eigenvalue weighted by Crippen LogP contribution is -2.18. The topological polar surface area (TPSA) is 63.8 Å². The van der Waals surface area contributed by atoms with Crippen molar-refractivity contribution in [1.29, 1.82) is 0 Å². The van der Waals surface area contributed by atoms with E-state index in [9.17, 15) is 5.11 Å². The maximum Gasteiger partial charge on any atom is 0.187 e. The monoisotopic (exact) mass is 328 g/mol. The van der Waals surface area contributed by atoms with Crippen LogP contribution in [0.4, 0.5) is 0 Å². The van der Waals surface area contributed by atoms with Crippen LogP contribution < -0.4 is 0 Å². The number of fused-ring (bicyclic) bond motifs is 1. The Kier molecular flexibility index (Phi) is 4.63. The molecule has 0 spiro atoms. The molecule has 0 aliphatic heterocycles. The summed E-state index contributed by atoms with van der Waals surface area (Å²) in [5, 5.41) is 11.0. The molecule has 1 N–H and O–H groups in total. The molecule has 0 aliphatic carbocycles. The number of imidazole rings is 1. The summed E-state index contributed by atoms with van der Waals surface area (Å²) in [6.07, 6.45) is 4.88. The zero-order valence-corrected chi connectivity index (χ0v) is 14.3. The van der Waals surface area contributed by atoms with E-state index in [1.165, 1.54) is 22.9 Å². The summed E-state index contributed by atoms with van der Waals surface area (Å²) in [5.74, 6) is 0.549. The minimum absolute atomic E-state index is 0.482. The van der Waals surface area contributed by atoms with Gasteiger partial charge in [-0.05, 0) is 49.6 Å². The molecule has 1 atom stereocenters. The predicted octanol–water partition coefficient (Wildman–Crippen LogP) is 2.90. The Bertz CT molecular complexity index is 813. The molecular formula is C17H20N4OS. The van der Waals surface area contributed by atoms with E-state index in [2.05, 4.69) is 40.9 Å². The average Bonchev–Trinajstić information content (AvgIpc) is 2.89. The van der Waals surface area contributed by atoms with Crippen LogP contribution in [-0.2, 0) is 6.54 Å². The van der Waals surface area contributed by atoms with Gasteiger partial charge in [-0.15, -0.1) is 0 Å². The molecule has 0 bridgehead atoms. The molecule has 6 heteroatoms. The van der Waals surface area contributed by atoms with Crippen LogP contribution in [0.2, 0.25) is 0 Å². The maximum absolute atomic E-state index is 10.3. The third-order valence-electron chi connectivity index (χ3n) is 3.81. The smallest absolute Gasteiger partial charge is 0.187 e. The first-order valence-corrected chi connectivity index (χ1v) is 8.53. The fourth-order valence-corrected chi connectivity index (χ4v) is 3.07. The minimum Gasteiger partial charge on any atom is -0.390 e. The minimum atomic E-state index is -0.482. The molecular weight excluding hydrogens is 308 g/mol. The van der Waals surface area contributed by atoms with Crippen molar-refractivity contribution < 1.29 is 5.11 Å². The Morgan fingerprint density at radius 1 is 1.09 bits per heavy atom. The first-order chi connectivity index (χ1) is 11.0. The highest BCUT2D eigenvalue weighted by molar-refractivity contribution is 7.99. The van der Waals surface area contributed by atoms with Crippen molar-refractivity contribution in [2.24, 2.45) is 0 Å². The van der Waals surface area contributed by atoms with Crippen molar-refractivity contribution in [3.63, 3.8) is 0 Å². The van der Waals surface area contributed by atoms with E-state index in [1.807, 2.05) is 11.5 Å². The lowest BCUT2D eigenvalue weighted by molar-refractivity contribution is 0.179. The molecule has 2 heterocycles. The number of nitrogens with zero attached hydrogens (tertiary/aromatic N) is 4. The highest BCUT2D eigenvalue weighted by Gasteiger charge is 2.11. The summed E-state index contributed by atoms with van der Waals surface area (Å²) < 4.78 is 2.00. The van der Waals surface area contributed by atoms with E-state index in [0.717, 1.165) is 16.6 Å². The molecule has 2 aromatic heterocycles. The Balaban J connectivity index is 1.67. The van der Waals surface area contributed by atoms with Gasteiger partial charge in [0.1, 0.15) is 0 Å². The van der Waals surface area contributed by atoms with Crippen LogP contribution in [0.3, 0.4) is 0 Å². The van der Waals surface area contributed by atoms with Gasteiger partial charge < -0.3 is 9.67 Å². The van der Waals surface area contributed by atoms with Gasteiger partial charge in [-0.3, -0.25) is 0 Å². The molecule has 3 aromatic rings. The summed E-state index contributed by atoms with van der Waals surface area (Å²) in [4.78, 5) is 12.9. The van der Waals surface area contributed by atoms with Crippen molar-refractivity contribution in [2.75, 3.05) is 5.75 Å². The van der Waals surface area contributed by atoms with Crippen molar-refractivity contribution in [3.8, 4) is 0 Å². The molecule has 0 saturated heterocycles. The van der Waals surface area contributed by atoms with Gasteiger partial charge in [0, 0.05) is 18.1 Å². The molecule has 0 amide bonds. The summed E-state index contributed by atoms with van der Waals surface area (Å²) in [7, 11) is 0. The highest BCUT2D eigenvalue weighted by Crippen LogP contribution is 2.20. The number of hydrogen-bond donors (Lipinski definition) is 1. The van der Waals surface area contributed by atoms with Gasteiger partial charge in [0.25, 0.3) is 0 Å². The van der Waals surface area contributed by atoms with E-state index in [0.29, 0.717) is 17.5 Å². The number of aliphatic hydroxyl groups is 1. The Labute approximate surface area is 139 Å². The van der Waals surface area contributed by atoms with Crippen molar-refractivity contribution in [2.45, 2.75) is 38.6 Å². The summed E-state index contributed by atoms with van der Waals surface area (Å²) in [6, 6.07) is 4.21. The molecule has 0 radical (unpaired) electrons. The molecule has 0 aliphatic rings. The largest absolute Gasteiger partial charge is 0.390 e. The number of aryl methyl sites for hydroxylation is 3. The van der Waals surface area contributed by atoms with Crippen LogP contribution in [0.1, 0.15) is 16.7 Å². The third kappa shape index (κ3) is 3.71. The quantitative estimate of drug-likeness (QED) is 0.576. The van der Waals surface area contributed by atoms with E-state index < -0.39 is 6.10 Å². The normalized spacial score (nSPS) is 12.7. The van der Waals surface area contributed by atoms with E-state index in [4.69, 9.17) is 0 Å². The molecule has 1 unspecified atom stereocenters. The van der Waals surface area contributed by atoms with Crippen LogP contribution in [0.5, 0.6) is 0 Å². The standard InChI is InChI=1S/C17H20N4OS/c1-11-6-18-17(19-7-11)23-9-14(22)8-21-10-20-15-4-12(2)13(3)5-16(15)21/h4-7,10,14,22H,8-9H2,1-3H3. The zero-order chi connectivity index (χ0) is 16.4. The van der Waals surface area contributed by atoms with Crippen LogP contribution in [0.25, 0.3) is 11.0 Å². The van der Waals surface area contributed by atoms with Crippen LogP contribution in [-0.4, -0.2) is 36.5 Å². The number of hydrogen-bond acceptors (Lipinski definition) is 5. The number of aromatic nitrogens is 4. The van der Waals surface area contributed by atoms with Gasteiger partial charge in [-0.25, -0.2) is 15.0 Å². The second-order valence-electron chi connectivity index (χ2n) is 5.83. The van der Waals surface area contributed by atoms with Crippen molar-refractivity contribution >= 4 is 22.8 Å². The van der Waals surface area contributed by atoms with Gasteiger partial charge in [0.2, 0.25) is 0 Å². The fraction of sp³-hybridized carbons (Fsp3) is 0.353. The fourth-order valence-electron chi connectivity index (χ4n) is 2.36. The number of thioether (sulfide) groups is 1. The van der Waals surface area contributed by atoms with Gasteiger partial charge in [-0.2, -0.15) is 0 Å². The van der Waals surface area contributed by atoms with Gasteiger partial charge >= 0.3 is 0 Å². The Hall–Kier alpha value is -1.92. The van der Waals surface area contributed by atoms with Crippen LogP contribution in [0, 0.1) is 20.8 Å². The van der Waals surface area contributed by atoms with Crippen LogP contribution >= 0.6 is 11.8 Å². The molecule has 120 valence electrons. The SMILES string of the molecule is Cc1cnc(SCC(O)Cn2cnc3cc(C)c(C)cc32)nc1. The first-order valence-electron chi connectivity index (χ1n) is 7.54. The number of aliphatic hydroxyl groups excluding tert-OH is 1. The lowest BCUT2D eigenvalue weighted by Gasteiger charge is -2.12. The van der Waals surface area contributed by atoms with E-state index in [-0.39, 0.29) is 0 Å². The highest BCUT2D eigenvalue weighted by atomic mass is 32.2. The molecule has 1 aromatic carbocycles. The Morgan fingerprint density at radius 3 is 2.52 bits per heavy atom. The van der Waals surface area contributed by atoms with Crippen molar-refractivity contribution in [1.82, 2.24) is 19.5 Å². The molecule has 0 fully saturated rings. The summed E-state index contributed by atoms with van der Waals surface area (Å²) in [5.41, 5.74) is 5.52. The number of benzene rings is 1. The maximum atomic E-state index is 10.3.